The fourth-order valence-corrected chi connectivity index (χ4v) is 3.77. The van der Waals surface area contributed by atoms with Crippen molar-refractivity contribution in [2.45, 2.75) is 18.9 Å². The van der Waals surface area contributed by atoms with Gasteiger partial charge in [-0.15, -0.1) is 0 Å². The van der Waals surface area contributed by atoms with Crippen LogP contribution in [0.3, 0.4) is 0 Å². The number of likely N-dealkylation sites (N-methyl/N-ethyl adjacent to an activating group) is 1. The summed E-state index contributed by atoms with van der Waals surface area (Å²) < 4.78 is 18.8. The summed E-state index contributed by atoms with van der Waals surface area (Å²) >= 11 is 0. The summed E-state index contributed by atoms with van der Waals surface area (Å²) in [6, 6.07) is 16.0. The lowest BCUT2D eigenvalue weighted by molar-refractivity contribution is -0.134. The number of nitrogens with zero attached hydrogens (tertiary/aromatic N) is 1. The monoisotopic (exact) mass is 392 g/mol. The van der Waals surface area contributed by atoms with Gasteiger partial charge in [-0.1, -0.05) is 24.3 Å². The predicted molar refractivity (Wildman–Crippen MR) is 109 cm³/mol. The fraction of sp³-hybridized carbons (Fsp3) is 0.217. The second kappa shape index (κ2) is 7.54. The van der Waals surface area contributed by atoms with E-state index in [4.69, 9.17) is 4.74 Å². The zero-order valence-corrected chi connectivity index (χ0v) is 16.2. The number of benzene rings is 3. The highest BCUT2D eigenvalue weighted by Crippen LogP contribution is 2.34. The molecule has 0 saturated carbocycles. The Morgan fingerprint density at radius 3 is 2.69 bits per heavy atom. The molecule has 0 saturated heterocycles. The van der Waals surface area contributed by atoms with E-state index >= 15 is 0 Å². The first-order chi connectivity index (χ1) is 13.9. The third kappa shape index (κ3) is 3.78. The van der Waals surface area contributed by atoms with Gasteiger partial charge in [0.1, 0.15) is 11.6 Å². The Kier molecular flexibility index (Phi) is 4.92. The van der Waals surface area contributed by atoms with E-state index in [2.05, 4.69) is 5.32 Å². The van der Waals surface area contributed by atoms with Crippen LogP contribution in [0.2, 0.25) is 0 Å². The van der Waals surface area contributed by atoms with Crippen LogP contribution in [-0.2, 0) is 16.1 Å². The minimum absolute atomic E-state index is 0.0549. The van der Waals surface area contributed by atoms with E-state index in [1.165, 1.54) is 12.1 Å². The van der Waals surface area contributed by atoms with Crippen LogP contribution >= 0.6 is 0 Å². The molecular weight excluding hydrogens is 371 g/mol. The standard InChI is InChI=1S/C23H21FN2O3/c1-26(13-14-3-4-16-10-18(29-2)7-5-15(16)9-14)23(28)20-12-22(27)25-21-11-17(24)6-8-19(20)21/h3-11,20H,12-13H2,1-2H3,(H,25,27). The van der Waals surface area contributed by atoms with Gasteiger partial charge in [-0.05, 0) is 52.2 Å². The molecule has 4 rings (SSSR count). The van der Waals surface area contributed by atoms with Gasteiger partial charge >= 0.3 is 0 Å². The highest BCUT2D eigenvalue weighted by atomic mass is 19.1. The van der Waals surface area contributed by atoms with Crippen molar-refractivity contribution < 1.29 is 18.7 Å². The lowest BCUT2D eigenvalue weighted by Gasteiger charge is -2.28. The van der Waals surface area contributed by atoms with E-state index in [1.54, 1.807) is 25.1 Å². The average molecular weight is 392 g/mol. The fourth-order valence-electron chi connectivity index (χ4n) is 3.77. The summed E-state index contributed by atoms with van der Waals surface area (Å²) in [6.07, 6.45) is 0.0549. The van der Waals surface area contributed by atoms with Gasteiger partial charge in [0.2, 0.25) is 11.8 Å². The molecule has 0 aliphatic carbocycles. The summed E-state index contributed by atoms with van der Waals surface area (Å²) in [5.41, 5.74) is 2.00. The average Bonchev–Trinajstić information content (AvgIpc) is 2.71. The molecule has 5 nitrogen and oxygen atoms in total. The van der Waals surface area contributed by atoms with Crippen LogP contribution in [-0.4, -0.2) is 30.9 Å². The number of rotatable bonds is 4. The number of amides is 2. The van der Waals surface area contributed by atoms with E-state index < -0.39 is 11.7 Å². The van der Waals surface area contributed by atoms with E-state index in [9.17, 15) is 14.0 Å². The number of halogens is 1. The van der Waals surface area contributed by atoms with E-state index in [0.717, 1.165) is 22.1 Å². The van der Waals surface area contributed by atoms with Crippen LogP contribution in [0.1, 0.15) is 23.5 Å². The summed E-state index contributed by atoms with van der Waals surface area (Å²) in [5, 5.41) is 4.76. The number of carbonyl (C=O) groups is 2. The zero-order valence-electron chi connectivity index (χ0n) is 16.2. The van der Waals surface area contributed by atoms with Crippen molar-refractivity contribution >= 4 is 28.3 Å². The van der Waals surface area contributed by atoms with Gasteiger partial charge in [0.15, 0.2) is 0 Å². The molecule has 0 fully saturated rings. The molecule has 0 spiro atoms. The molecule has 0 aromatic heterocycles. The Balaban J connectivity index is 1.56. The van der Waals surface area contributed by atoms with Crippen LogP contribution in [0.4, 0.5) is 10.1 Å². The number of nitrogens with one attached hydrogen (secondary N) is 1. The van der Waals surface area contributed by atoms with Crippen molar-refractivity contribution in [3.8, 4) is 5.75 Å². The number of fused-ring (bicyclic) bond motifs is 2. The minimum Gasteiger partial charge on any atom is -0.497 e. The van der Waals surface area contributed by atoms with Crippen molar-refractivity contribution in [1.82, 2.24) is 4.90 Å². The molecule has 6 heteroatoms. The van der Waals surface area contributed by atoms with Crippen LogP contribution in [0.15, 0.2) is 54.6 Å². The van der Waals surface area contributed by atoms with Gasteiger partial charge in [-0.2, -0.15) is 0 Å². The Morgan fingerprint density at radius 2 is 1.90 bits per heavy atom. The number of ether oxygens (including phenoxy) is 1. The van der Waals surface area contributed by atoms with Crippen molar-refractivity contribution in [3.63, 3.8) is 0 Å². The topological polar surface area (TPSA) is 58.6 Å². The smallest absolute Gasteiger partial charge is 0.230 e. The second-order valence-electron chi connectivity index (χ2n) is 7.28. The van der Waals surface area contributed by atoms with Crippen LogP contribution in [0.5, 0.6) is 5.75 Å². The summed E-state index contributed by atoms with van der Waals surface area (Å²) in [7, 11) is 3.35. The van der Waals surface area contributed by atoms with E-state index in [0.29, 0.717) is 17.8 Å². The first-order valence-corrected chi connectivity index (χ1v) is 9.35. The summed E-state index contributed by atoms with van der Waals surface area (Å²) in [4.78, 5) is 26.7. The van der Waals surface area contributed by atoms with Crippen LogP contribution in [0, 0.1) is 5.82 Å². The Hall–Kier alpha value is -3.41. The molecule has 0 radical (unpaired) electrons. The first-order valence-electron chi connectivity index (χ1n) is 9.35. The molecule has 1 N–H and O–H groups in total. The normalized spacial score (nSPS) is 15.6. The Bertz CT molecular complexity index is 1110. The highest BCUT2D eigenvalue weighted by molar-refractivity contribution is 6.01. The molecule has 1 aliphatic rings. The number of methoxy groups -OCH3 is 1. The molecule has 0 bridgehead atoms. The SMILES string of the molecule is COc1ccc2cc(CN(C)C(=O)C3CC(=O)Nc4cc(F)ccc43)ccc2c1. The number of carbonyl (C=O) groups excluding carboxylic acids is 2. The second-order valence-corrected chi connectivity index (χ2v) is 7.28. The van der Waals surface area contributed by atoms with Gasteiger partial charge < -0.3 is 15.0 Å². The molecule has 1 aliphatic heterocycles. The van der Waals surface area contributed by atoms with Crippen molar-refractivity contribution in [2.75, 3.05) is 19.5 Å². The highest BCUT2D eigenvalue weighted by Gasteiger charge is 2.32. The maximum Gasteiger partial charge on any atom is 0.230 e. The van der Waals surface area contributed by atoms with Gasteiger partial charge in [0.05, 0.1) is 13.0 Å². The minimum atomic E-state index is -0.617. The molecule has 29 heavy (non-hydrogen) atoms. The van der Waals surface area contributed by atoms with E-state index in [-0.39, 0.29) is 18.2 Å². The summed E-state index contributed by atoms with van der Waals surface area (Å²) in [6.45, 7) is 0.412. The first kappa shape index (κ1) is 18.9. The lowest BCUT2D eigenvalue weighted by atomic mass is 9.89. The molecule has 1 unspecified atom stereocenters. The number of anilines is 1. The van der Waals surface area contributed by atoms with Crippen molar-refractivity contribution in [3.05, 3.63) is 71.5 Å². The molecule has 3 aromatic carbocycles. The number of hydrogen-bond donors (Lipinski definition) is 1. The predicted octanol–water partition coefficient (Wildman–Crippen LogP) is 4.07. The van der Waals surface area contributed by atoms with Gasteiger partial charge in [0, 0.05) is 25.7 Å². The van der Waals surface area contributed by atoms with Gasteiger partial charge in [-0.25, -0.2) is 4.39 Å². The van der Waals surface area contributed by atoms with E-state index in [1.807, 2.05) is 36.4 Å². The maximum atomic E-state index is 13.5. The Labute approximate surface area is 168 Å². The summed E-state index contributed by atoms with van der Waals surface area (Å²) in [5.74, 6) is -0.715. The van der Waals surface area contributed by atoms with Gasteiger partial charge in [-0.3, -0.25) is 9.59 Å². The lowest BCUT2D eigenvalue weighted by Crippen LogP contribution is -2.36. The van der Waals surface area contributed by atoms with Crippen molar-refractivity contribution in [1.29, 1.82) is 0 Å². The molecular formula is C23H21FN2O3. The maximum absolute atomic E-state index is 13.5. The zero-order chi connectivity index (χ0) is 20.5. The van der Waals surface area contributed by atoms with Crippen LogP contribution < -0.4 is 10.1 Å². The third-order valence-corrected chi connectivity index (χ3v) is 5.26. The molecule has 1 heterocycles. The van der Waals surface area contributed by atoms with Crippen molar-refractivity contribution in [2.24, 2.45) is 0 Å². The molecule has 3 aromatic rings. The van der Waals surface area contributed by atoms with Gasteiger partial charge in [0.25, 0.3) is 0 Å². The van der Waals surface area contributed by atoms with Crippen LogP contribution in [0.25, 0.3) is 10.8 Å². The quantitative estimate of drug-likeness (QED) is 0.728. The molecule has 1 atom stereocenters. The third-order valence-electron chi connectivity index (χ3n) is 5.26. The Morgan fingerprint density at radius 1 is 1.14 bits per heavy atom. The molecule has 2 amide bonds. The molecule has 148 valence electrons. The number of hydrogen-bond acceptors (Lipinski definition) is 3. The largest absolute Gasteiger partial charge is 0.497 e.